The third kappa shape index (κ3) is 4.45. The topological polar surface area (TPSA) is 40.6 Å². The minimum absolute atomic E-state index is 0.161. The molecule has 0 aliphatic carbocycles. The van der Waals surface area contributed by atoms with E-state index in [4.69, 9.17) is 0 Å². The molecule has 2 aromatic rings. The van der Waals surface area contributed by atoms with Crippen molar-refractivity contribution in [2.75, 3.05) is 26.2 Å². The Kier molecular flexibility index (Phi) is 5.64. The molecule has 1 aliphatic rings. The van der Waals surface area contributed by atoms with E-state index in [0.717, 1.165) is 11.3 Å². The molecule has 0 radical (unpaired) electrons. The molecular weight excluding hydrogens is 320 g/mol. The maximum Gasteiger partial charge on any atom is 0.227 e. The monoisotopic (exact) mass is 342 g/mol. The van der Waals surface area contributed by atoms with Gasteiger partial charge in [-0.3, -0.25) is 9.59 Å². The molecule has 0 unspecified atom stereocenters. The molecule has 5 heteroatoms. The zero-order chi connectivity index (χ0) is 16.8. The van der Waals surface area contributed by atoms with Crippen molar-refractivity contribution in [2.24, 2.45) is 0 Å². The Morgan fingerprint density at radius 3 is 2.17 bits per heavy atom. The van der Waals surface area contributed by atoms with E-state index in [1.54, 1.807) is 11.3 Å². The van der Waals surface area contributed by atoms with Gasteiger partial charge in [0.2, 0.25) is 11.8 Å². The molecule has 1 fully saturated rings. The van der Waals surface area contributed by atoms with Crippen LogP contribution in [0.1, 0.15) is 16.9 Å². The summed E-state index contributed by atoms with van der Waals surface area (Å²) in [5, 5.41) is 1.99. The molecule has 1 aromatic carbocycles. The second-order valence-corrected chi connectivity index (χ2v) is 7.04. The summed E-state index contributed by atoms with van der Waals surface area (Å²) < 4.78 is 0. The Morgan fingerprint density at radius 1 is 0.875 bits per heavy atom. The standard InChI is InChI=1S/C19H22N2O2S/c22-18(9-8-16-5-2-1-3-6-16)20-10-12-21(13-11-20)19(23)15-17-7-4-14-24-17/h1-7,14H,8-13,15H2. The van der Waals surface area contributed by atoms with Gasteiger partial charge in [-0.1, -0.05) is 36.4 Å². The average Bonchev–Trinajstić information content (AvgIpc) is 3.13. The lowest BCUT2D eigenvalue weighted by molar-refractivity contribution is -0.139. The molecule has 3 rings (SSSR count). The molecule has 126 valence electrons. The molecule has 0 bridgehead atoms. The zero-order valence-corrected chi connectivity index (χ0v) is 14.5. The number of amides is 2. The summed E-state index contributed by atoms with van der Waals surface area (Å²) in [6.45, 7) is 2.57. The van der Waals surface area contributed by atoms with Gasteiger partial charge in [0, 0.05) is 37.5 Å². The maximum atomic E-state index is 12.3. The molecule has 0 saturated carbocycles. The van der Waals surface area contributed by atoms with Gasteiger partial charge in [0.25, 0.3) is 0 Å². The summed E-state index contributed by atoms with van der Waals surface area (Å²) >= 11 is 1.61. The van der Waals surface area contributed by atoms with Crippen LogP contribution in [-0.4, -0.2) is 47.8 Å². The quantitative estimate of drug-likeness (QED) is 0.838. The maximum absolute atomic E-state index is 12.3. The van der Waals surface area contributed by atoms with E-state index in [9.17, 15) is 9.59 Å². The highest BCUT2D eigenvalue weighted by atomic mass is 32.1. The van der Waals surface area contributed by atoms with Crippen molar-refractivity contribution < 1.29 is 9.59 Å². The highest BCUT2D eigenvalue weighted by Gasteiger charge is 2.23. The number of hydrogen-bond acceptors (Lipinski definition) is 3. The van der Waals surface area contributed by atoms with E-state index in [1.807, 2.05) is 45.5 Å². The molecule has 2 heterocycles. The Bertz CT molecular complexity index is 662. The fourth-order valence-electron chi connectivity index (χ4n) is 2.93. The van der Waals surface area contributed by atoms with Crippen LogP contribution in [0.2, 0.25) is 0 Å². The number of benzene rings is 1. The van der Waals surface area contributed by atoms with Crippen molar-refractivity contribution in [2.45, 2.75) is 19.3 Å². The van der Waals surface area contributed by atoms with Crippen LogP contribution in [0.15, 0.2) is 47.8 Å². The summed E-state index contributed by atoms with van der Waals surface area (Å²) in [7, 11) is 0. The van der Waals surface area contributed by atoms with E-state index < -0.39 is 0 Å². The van der Waals surface area contributed by atoms with Crippen molar-refractivity contribution in [3.05, 3.63) is 58.3 Å². The van der Waals surface area contributed by atoms with Crippen molar-refractivity contribution in [3.8, 4) is 0 Å². The van der Waals surface area contributed by atoms with E-state index in [-0.39, 0.29) is 11.8 Å². The summed E-state index contributed by atoms with van der Waals surface area (Å²) in [5.74, 6) is 0.345. The predicted molar refractivity (Wildman–Crippen MR) is 95.9 cm³/mol. The van der Waals surface area contributed by atoms with Gasteiger partial charge in [0.1, 0.15) is 0 Å². The SMILES string of the molecule is O=C(CCc1ccccc1)N1CCN(C(=O)Cc2cccs2)CC1. The summed E-state index contributed by atoms with van der Waals surface area (Å²) in [4.78, 5) is 29.5. The molecule has 24 heavy (non-hydrogen) atoms. The predicted octanol–water partition coefficient (Wildman–Crippen LogP) is 2.59. The van der Waals surface area contributed by atoms with E-state index in [2.05, 4.69) is 12.1 Å². The molecular formula is C19H22N2O2S. The molecule has 0 atom stereocenters. The number of aryl methyl sites for hydroxylation is 1. The van der Waals surface area contributed by atoms with Gasteiger partial charge in [-0.15, -0.1) is 11.3 Å². The van der Waals surface area contributed by atoms with Gasteiger partial charge in [0.05, 0.1) is 6.42 Å². The van der Waals surface area contributed by atoms with Crippen LogP contribution in [0.5, 0.6) is 0 Å². The Balaban J connectivity index is 1.42. The highest BCUT2D eigenvalue weighted by molar-refractivity contribution is 7.10. The minimum atomic E-state index is 0.161. The van der Waals surface area contributed by atoms with Crippen LogP contribution in [0, 0.1) is 0 Å². The Labute approximate surface area is 146 Å². The van der Waals surface area contributed by atoms with Crippen molar-refractivity contribution in [3.63, 3.8) is 0 Å². The van der Waals surface area contributed by atoms with Gasteiger partial charge < -0.3 is 9.80 Å². The van der Waals surface area contributed by atoms with E-state index in [0.29, 0.717) is 39.0 Å². The van der Waals surface area contributed by atoms with Gasteiger partial charge in [-0.2, -0.15) is 0 Å². The largest absolute Gasteiger partial charge is 0.339 e. The number of thiophene rings is 1. The van der Waals surface area contributed by atoms with Crippen LogP contribution in [-0.2, 0) is 22.4 Å². The smallest absolute Gasteiger partial charge is 0.227 e. The lowest BCUT2D eigenvalue weighted by Crippen LogP contribution is -2.51. The Morgan fingerprint density at radius 2 is 1.54 bits per heavy atom. The molecule has 1 aliphatic heterocycles. The number of carbonyl (C=O) groups is 2. The van der Waals surface area contributed by atoms with E-state index >= 15 is 0 Å². The highest BCUT2D eigenvalue weighted by Crippen LogP contribution is 2.13. The molecule has 4 nitrogen and oxygen atoms in total. The zero-order valence-electron chi connectivity index (χ0n) is 13.7. The van der Waals surface area contributed by atoms with Crippen LogP contribution >= 0.6 is 11.3 Å². The lowest BCUT2D eigenvalue weighted by atomic mass is 10.1. The van der Waals surface area contributed by atoms with Gasteiger partial charge in [-0.05, 0) is 23.4 Å². The molecule has 1 aromatic heterocycles. The third-order valence-corrected chi connectivity index (χ3v) is 5.24. The Hall–Kier alpha value is -2.14. The van der Waals surface area contributed by atoms with Gasteiger partial charge >= 0.3 is 0 Å². The second-order valence-electron chi connectivity index (χ2n) is 6.00. The molecule has 2 amide bonds. The summed E-state index contributed by atoms with van der Waals surface area (Å²) in [6, 6.07) is 14.0. The molecule has 0 spiro atoms. The summed E-state index contributed by atoms with van der Waals surface area (Å²) in [6.07, 6.45) is 1.78. The minimum Gasteiger partial charge on any atom is -0.339 e. The first-order chi connectivity index (χ1) is 11.7. The first-order valence-electron chi connectivity index (χ1n) is 8.34. The van der Waals surface area contributed by atoms with Crippen molar-refractivity contribution in [1.82, 2.24) is 9.80 Å². The van der Waals surface area contributed by atoms with Crippen molar-refractivity contribution in [1.29, 1.82) is 0 Å². The third-order valence-electron chi connectivity index (χ3n) is 4.36. The first-order valence-corrected chi connectivity index (χ1v) is 9.22. The van der Waals surface area contributed by atoms with E-state index in [1.165, 1.54) is 5.56 Å². The van der Waals surface area contributed by atoms with Crippen molar-refractivity contribution >= 4 is 23.2 Å². The van der Waals surface area contributed by atoms with Crippen LogP contribution in [0.25, 0.3) is 0 Å². The number of piperazine rings is 1. The van der Waals surface area contributed by atoms with Crippen LogP contribution in [0.3, 0.4) is 0 Å². The number of rotatable bonds is 5. The fraction of sp³-hybridized carbons (Fsp3) is 0.368. The first kappa shape index (κ1) is 16.7. The number of nitrogens with zero attached hydrogens (tertiary/aromatic N) is 2. The molecule has 0 N–H and O–H groups in total. The van der Waals surface area contributed by atoms with Crippen LogP contribution < -0.4 is 0 Å². The number of hydrogen-bond donors (Lipinski definition) is 0. The van der Waals surface area contributed by atoms with Crippen LogP contribution in [0.4, 0.5) is 0 Å². The average molecular weight is 342 g/mol. The second kappa shape index (κ2) is 8.11. The number of carbonyl (C=O) groups excluding carboxylic acids is 2. The van der Waals surface area contributed by atoms with Gasteiger partial charge in [-0.25, -0.2) is 0 Å². The summed E-state index contributed by atoms with van der Waals surface area (Å²) in [5.41, 5.74) is 1.19. The molecule has 1 saturated heterocycles. The fourth-order valence-corrected chi connectivity index (χ4v) is 3.63. The lowest BCUT2D eigenvalue weighted by Gasteiger charge is -2.35. The van der Waals surface area contributed by atoms with Gasteiger partial charge in [0.15, 0.2) is 0 Å². The normalized spacial score (nSPS) is 14.7.